The first-order valence-electron chi connectivity index (χ1n) is 7.25. The lowest BCUT2D eigenvalue weighted by molar-refractivity contribution is -0.117. The average Bonchev–Trinajstić information content (AvgIpc) is 2.86. The zero-order chi connectivity index (χ0) is 12.4. The number of nitrogens with zero attached hydrogens (tertiary/aromatic N) is 1. The fraction of sp³-hybridized carbons (Fsp3) is 0.562. The highest BCUT2D eigenvalue weighted by atomic mass is 16.2. The van der Waals surface area contributed by atoms with E-state index < -0.39 is 0 Å². The van der Waals surface area contributed by atoms with E-state index in [4.69, 9.17) is 0 Å². The second kappa shape index (κ2) is 5.13. The minimum absolute atomic E-state index is 0.278. The van der Waals surface area contributed by atoms with Crippen molar-refractivity contribution in [2.45, 2.75) is 50.9 Å². The van der Waals surface area contributed by atoms with Crippen molar-refractivity contribution >= 4 is 11.6 Å². The van der Waals surface area contributed by atoms with Crippen LogP contribution in [0.1, 0.15) is 56.4 Å². The molecule has 3 rings (SSSR count). The molecule has 1 aromatic carbocycles. The van der Waals surface area contributed by atoms with Gasteiger partial charge < -0.3 is 4.90 Å². The first-order valence-corrected chi connectivity index (χ1v) is 7.25. The molecule has 0 aromatic heterocycles. The number of amides is 1. The van der Waals surface area contributed by atoms with Gasteiger partial charge in [0.2, 0.25) is 5.91 Å². The van der Waals surface area contributed by atoms with E-state index in [9.17, 15) is 4.79 Å². The van der Waals surface area contributed by atoms with E-state index in [0.717, 1.165) is 24.6 Å². The second-order valence-electron chi connectivity index (χ2n) is 5.58. The Morgan fingerprint density at radius 2 is 1.67 bits per heavy atom. The standard InChI is InChI=1S/C16H21NO/c18-16-7-4-12-17(16)15-10-8-14(9-11-15)13-5-2-1-3-6-13/h8-11,13H,1-7,12H2. The number of carbonyl (C=O) groups is 1. The van der Waals surface area contributed by atoms with Crippen LogP contribution < -0.4 is 4.90 Å². The number of anilines is 1. The maximum atomic E-state index is 11.7. The summed E-state index contributed by atoms with van der Waals surface area (Å²) in [6.07, 6.45) is 8.53. The Balaban J connectivity index is 1.74. The molecule has 18 heavy (non-hydrogen) atoms. The molecule has 96 valence electrons. The zero-order valence-electron chi connectivity index (χ0n) is 10.9. The third-order valence-electron chi connectivity index (χ3n) is 4.35. The molecule has 2 nitrogen and oxygen atoms in total. The highest BCUT2D eigenvalue weighted by molar-refractivity contribution is 5.95. The van der Waals surface area contributed by atoms with Gasteiger partial charge >= 0.3 is 0 Å². The number of hydrogen-bond donors (Lipinski definition) is 0. The zero-order valence-corrected chi connectivity index (χ0v) is 10.9. The molecular formula is C16H21NO. The first-order chi connectivity index (χ1) is 8.84. The fourth-order valence-electron chi connectivity index (χ4n) is 3.28. The van der Waals surface area contributed by atoms with Gasteiger partial charge in [-0.05, 0) is 42.9 Å². The van der Waals surface area contributed by atoms with Gasteiger partial charge in [0.15, 0.2) is 0 Å². The predicted octanol–water partition coefficient (Wildman–Crippen LogP) is 3.86. The molecule has 1 aliphatic carbocycles. The maximum absolute atomic E-state index is 11.7. The summed E-state index contributed by atoms with van der Waals surface area (Å²) >= 11 is 0. The van der Waals surface area contributed by atoms with Gasteiger partial charge in [0.05, 0.1) is 0 Å². The van der Waals surface area contributed by atoms with Crippen molar-refractivity contribution < 1.29 is 4.79 Å². The molecule has 1 saturated carbocycles. The van der Waals surface area contributed by atoms with Crippen molar-refractivity contribution in [3.8, 4) is 0 Å². The lowest BCUT2D eigenvalue weighted by Crippen LogP contribution is -2.23. The van der Waals surface area contributed by atoms with E-state index >= 15 is 0 Å². The predicted molar refractivity (Wildman–Crippen MR) is 73.9 cm³/mol. The summed E-state index contributed by atoms with van der Waals surface area (Å²) in [4.78, 5) is 13.6. The average molecular weight is 243 g/mol. The molecule has 0 N–H and O–H groups in total. The number of carbonyl (C=O) groups excluding carboxylic acids is 1. The number of hydrogen-bond acceptors (Lipinski definition) is 1. The Bertz CT molecular complexity index is 417. The number of rotatable bonds is 2. The van der Waals surface area contributed by atoms with Crippen LogP contribution in [0.25, 0.3) is 0 Å². The molecule has 0 atom stereocenters. The molecule has 1 saturated heterocycles. The molecule has 2 aliphatic rings. The van der Waals surface area contributed by atoms with E-state index in [-0.39, 0.29) is 5.91 Å². The highest BCUT2D eigenvalue weighted by Gasteiger charge is 2.22. The van der Waals surface area contributed by atoms with Gasteiger partial charge in [-0.15, -0.1) is 0 Å². The van der Waals surface area contributed by atoms with Crippen LogP contribution in [0.2, 0.25) is 0 Å². The van der Waals surface area contributed by atoms with E-state index in [2.05, 4.69) is 24.3 Å². The van der Waals surface area contributed by atoms with Crippen molar-refractivity contribution in [2.75, 3.05) is 11.4 Å². The Labute approximate surface area is 109 Å². The SMILES string of the molecule is O=C1CCCN1c1ccc(C2CCCCC2)cc1. The van der Waals surface area contributed by atoms with Crippen LogP contribution in [0.4, 0.5) is 5.69 Å². The first kappa shape index (κ1) is 11.8. The molecule has 2 heteroatoms. The lowest BCUT2D eigenvalue weighted by atomic mass is 9.84. The molecule has 2 fully saturated rings. The summed E-state index contributed by atoms with van der Waals surface area (Å²) in [6, 6.07) is 8.73. The minimum atomic E-state index is 0.278. The fourth-order valence-corrected chi connectivity index (χ4v) is 3.28. The largest absolute Gasteiger partial charge is 0.312 e. The van der Waals surface area contributed by atoms with E-state index in [0.29, 0.717) is 6.42 Å². The smallest absolute Gasteiger partial charge is 0.227 e. The van der Waals surface area contributed by atoms with Crippen LogP contribution in [0.5, 0.6) is 0 Å². The maximum Gasteiger partial charge on any atom is 0.227 e. The van der Waals surface area contributed by atoms with Gasteiger partial charge in [-0.25, -0.2) is 0 Å². The van der Waals surface area contributed by atoms with Gasteiger partial charge in [0.1, 0.15) is 0 Å². The Hall–Kier alpha value is -1.31. The van der Waals surface area contributed by atoms with Gasteiger partial charge in [0.25, 0.3) is 0 Å². The molecule has 1 aromatic rings. The number of benzene rings is 1. The van der Waals surface area contributed by atoms with Crippen LogP contribution in [0, 0.1) is 0 Å². The molecular weight excluding hydrogens is 222 g/mol. The summed E-state index contributed by atoms with van der Waals surface area (Å²) in [7, 11) is 0. The Morgan fingerprint density at radius 1 is 0.944 bits per heavy atom. The lowest BCUT2D eigenvalue weighted by Gasteiger charge is -2.23. The van der Waals surface area contributed by atoms with E-state index in [1.807, 2.05) is 4.90 Å². The normalized spacial score (nSPS) is 21.6. The quantitative estimate of drug-likeness (QED) is 0.772. The monoisotopic (exact) mass is 243 g/mol. The third-order valence-corrected chi connectivity index (χ3v) is 4.35. The van der Waals surface area contributed by atoms with Crippen LogP contribution in [0.3, 0.4) is 0 Å². The Kier molecular flexibility index (Phi) is 3.35. The summed E-state index contributed by atoms with van der Waals surface area (Å²) < 4.78 is 0. The molecule has 0 bridgehead atoms. The molecule has 0 spiro atoms. The minimum Gasteiger partial charge on any atom is -0.312 e. The van der Waals surface area contributed by atoms with Gasteiger partial charge in [0, 0.05) is 18.7 Å². The summed E-state index contributed by atoms with van der Waals surface area (Å²) in [5.74, 6) is 1.03. The van der Waals surface area contributed by atoms with Crippen molar-refractivity contribution in [1.82, 2.24) is 0 Å². The summed E-state index contributed by atoms with van der Waals surface area (Å²) in [5.41, 5.74) is 2.54. The molecule has 1 aliphatic heterocycles. The summed E-state index contributed by atoms with van der Waals surface area (Å²) in [5, 5.41) is 0. The molecule has 1 amide bonds. The van der Waals surface area contributed by atoms with Crippen molar-refractivity contribution in [1.29, 1.82) is 0 Å². The van der Waals surface area contributed by atoms with Crippen molar-refractivity contribution in [2.24, 2.45) is 0 Å². The topological polar surface area (TPSA) is 20.3 Å². The van der Waals surface area contributed by atoms with Crippen LogP contribution in [-0.4, -0.2) is 12.5 Å². The summed E-state index contributed by atoms with van der Waals surface area (Å²) in [6.45, 7) is 0.890. The van der Waals surface area contributed by atoms with Gasteiger partial charge in [-0.3, -0.25) is 4.79 Å². The van der Waals surface area contributed by atoms with Crippen LogP contribution >= 0.6 is 0 Å². The Morgan fingerprint density at radius 3 is 2.28 bits per heavy atom. The highest BCUT2D eigenvalue weighted by Crippen LogP contribution is 2.33. The van der Waals surface area contributed by atoms with Crippen molar-refractivity contribution in [3.63, 3.8) is 0 Å². The van der Waals surface area contributed by atoms with Gasteiger partial charge in [-0.1, -0.05) is 31.4 Å². The van der Waals surface area contributed by atoms with Crippen molar-refractivity contribution in [3.05, 3.63) is 29.8 Å². The third kappa shape index (κ3) is 2.29. The van der Waals surface area contributed by atoms with Crippen LogP contribution in [0.15, 0.2) is 24.3 Å². The van der Waals surface area contributed by atoms with Crippen LogP contribution in [-0.2, 0) is 4.79 Å². The molecule has 0 radical (unpaired) electrons. The molecule has 0 unspecified atom stereocenters. The second-order valence-corrected chi connectivity index (χ2v) is 5.58. The van der Waals surface area contributed by atoms with Gasteiger partial charge in [-0.2, -0.15) is 0 Å². The molecule has 1 heterocycles. The van der Waals surface area contributed by atoms with E-state index in [1.165, 1.54) is 37.7 Å². The van der Waals surface area contributed by atoms with E-state index in [1.54, 1.807) is 0 Å².